The van der Waals surface area contributed by atoms with Crippen molar-refractivity contribution in [3.05, 3.63) is 24.5 Å². The van der Waals surface area contributed by atoms with Gasteiger partial charge in [0.1, 0.15) is 0 Å². The van der Waals surface area contributed by atoms with Crippen molar-refractivity contribution in [2.24, 2.45) is 0 Å². The van der Waals surface area contributed by atoms with E-state index in [-0.39, 0.29) is 5.97 Å². The van der Waals surface area contributed by atoms with Gasteiger partial charge in [0.2, 0.25) is 0 Å². The van der Waals surface area contributed by atoms with Gasteiger partial charge in [0.05, 0.1) is 6.26 Å². The van der Waals surface area contributed by atoms with Crippen LogP contribution in [0, 0.1) is 0 Å². The molecule has 0 heterocycles. The number of carbonyl (C=O) groups excluding carboxylic acids is 1. The summed E-state index contributed by atoms with van der Waals surface area (Å²) >= 11 is 0. The van der Waals surface area contributed by atoms with Crippen molar-refractivity contribution in [3.63, 3.8) is 0 Å². The zero-order valence-corrected chi connectivity index (χ0v) is 9.16. The standard InChI is InChI=1S/C12H20O2/c1-3-5-6-7-8-9-11-14-12(13)10-4-2/h4,9-11H,3,5-8H2,1-2H3/b10-4+,11-9+. The van der Waals surface area contributed by atoms with Gasteiger partial charge in [-0.3, -0.25) is 0 Å². The average Bonchev–Trinajstić information content (AvgIpc) is 2.17. The molecule has 0 bridgehead atoms. The van der Waals surface area contributed by atoms with Crippen molar-refractivity contribution in [3.8, 4) is 0 Å². The fourth-order valence-electron chi connectivity index (χ4n) is 1.05. The van der Waals surface area contributed by atoms with Crippen LogP contribution in [0.25, 0.3) is 0 Å². The van der Waals surface area contributed by atoms with Crippen molar-refractivity contribution in [2.75, 3.05) is 0 Å². The molecule has 0 aromatic carbocycles. The first-order valence-electron chi connectivity index (χ1n) is 5.29. The molecular formula is C12H20O2. The molecule has 0 fully saturated rings. The molecule has 0 N–H and O–H groups in total. The van der Waals surface area contributed by atoms with Gasteiger partial charge in [0, 0.05) is 6.08 Å². The number of allylic oxidation sites excluding steroid dienone is 2. The number of hydrogen-bond acceptors (Lipinski definition) is 2. The minimum Gasteiger partial charge on any atom is -0.432 e. The number of ether oxygens (including phenoxy) is 1. The maximum absolute atomic E-state index is 10.8. The first-order chi connectivity index (χ1) is 6.81. The molecule has 0 unspecified atom stereocenters. The Labute approximate surface area is 86.6 Å². The topological polar surface area (TPSA) is 26.3 Å². The summed E-state index contributed by atoms with van der Waals surface area (Å²) in [7, 11) is 0. The molecule has 0 saturated carbocycles. The van der Waals surface area contributed by atoms with Crippen LogP contribution in [-0.2, 0) is 9.53 Å². The van der Waals surface area contributed by atoms with E-state index in [0.717, 1.165) is 6.42 Å². The van der Waals surface area contributed by atoms with E-state index in [0.29, 0.717) is 0 Å². The third-order valence-corrected chi connectivity index (χ3v) is 1.81. The SMILES string of the molecule is C/C=C/C(=O)O/C=C/CCCCCC. The molecule has 2 nitrogen and oxygen atoms in total. The predicted octanol–water partition coefficient (Wildman–Crippen LogP) is 3.59. The highest BCUT2D eigenvalue weighted by Crippen LogP contribution is 2.02. The highest BCUT2D eigenvalue weighted by atomic mass is 16.5. The quantitative estimate of drug-likeness (QED) is 0.269. The lowest BCUT2D eigenvalue weighted by atomic mass is 10.1. The van der Waals surface area contributed by atoms with E-state index in [9.17, 15) is 4.79 Å². The summed E-state index contributed by atoms with van der Waals surface area (Å²) in [4.78, 5) is 10.8. The number of esters is 1. The second-order valence-electron chi connectivity index (χ2n) is 3.16. The fraction of sp³-hybridized carbons (Fsp3) is 0.583. The van der Waals surface area contributed by atoms with Gasteiger partial charge in [-0.25, -0.2) is 4.79 Å². The van der Waals surface area contributed by atoms with Crippen LogP contribution in [0.1, 0.15) is 46.0 Å². The Morgan fingerprint density at radius 1 is 1.29 bits per heavy atom. The van der Waals surface area contributed by atoms with Crippen LogP contribution < -0.4 is 0 Å². The molecule has 0 rings (SSSR count). The summed E-state index contributed by atoms with van der Waals surface area (Å²) < 4.78 is 4.78. The van der Waals surface area contributed by atoms with Crippen molar-refractivity contribution in [2.45, 2.75) is 46.0 Å². The van der Waals surface area contributed by atoms with Crippen molar-refractivity contribution in [1.82, 2.24) is 0 Å². The Hall–Kier alpha value is -1.05. The Kier molecular flexibility index (Phi) is 9.28. The van der Waals surface area contributed by atoms with Crippen LogP contribution in [0.4, 0.5) is 0 Å². The van der Waals surface area contributed by atoms with Crippen molar-refractivity contribution >= 4 is 5.97 Å². The minimum atomic E-state index is -0.308. The smallest absolute Gasteiger partial charge is 0.335 e. The van der Waals surface area contributed by atoms with Gasteiger partial charge >= 0.3 is 5.97 Å². The molecule has 0 aromatic rings. The van der Waals surface area contributed by atoms with Crippen LogP contribution in [0.3, 0.4) is 0 Å². The maximum atomic E-state index is 10.8. The fourth-order valence-corrected chi connectivity index (χ4v) is 1.05. The van der Waals surface area contributed by atoms with E-state index in [4.69, 9.17) is 4.74 Å². The highest BCUT2D eigenvalue weighted by molar-refractivity contribution is 5.82. The molecule has 80 valence electrons. The molecule has 0 aliphatic carbocycles. The Morgan fingerprint density at radius 2 is 2.07 bits per heavy atom. The lowest BCUT2D eigenvalue weighted by Crippen LogP contribution is -1.92. The van der Waals surface area contributed by atoms with E-state index in [2.05, 4.69) is 6.92 Å². The van der Waals surface area contributed by atoms with Gasteiger partial charge in [-0.05, 0) is 25.8 Å². The zero-order chi connectivity index (χ0) is 10.6. The molecule has 2 heteroatoms. The molecule has 0 aliphatic rings. The summed E-state index contributed by atoms with van der Waals surface area (Å²) in [6.07, 6.45) is 12.4. The zero-order valence-electron chi connectivity index (χ0n) is 9.16. The summed E-state index contributed by atoms with van der Waals surface area (Å²) in [6, 6.07) is 0. The third kappa shape index (κ3) is 9.04. The van der Waals surface area contributed by atoms with Crippen LogP contribution in [-0.4, -0.2) is 5.97 Å². The highest BCUT2D eigenvalue weighted by Gasteiger charge is 1.89. The molecule has 0 saturated heterocycles. The van der Waals surface area contributed by atoms with Crippen LogP contribution in [0.5, 0.6) is 0 Å². The van der Waals surface area contributed by atoms with Crippen molar-refractivity contribution < 1.29 is 9.53 Å². The largest absolute Gasteiger partial charge is 0.432 e. The monoisotopic (exact) mass is 196 g/mol. The third-order valence-electron chi connectivity index (χ3n) is 1.81. The molecule has 0 spiro atoms. The van der Waals surface area contributed by atoms with Crippen LogP contribution in [0.15, 0.2) is 24.5 Å². The van der Waals surface area contributed by atoms with Crippen molar-refractivity contribution in [1.29, 1.82) is 0 Å². The lowest BCUT2D eigenvalue weighted by Gasteiger charge is -1.94. The lowest BCUT2D eigenvalue weighted by molar-refractivity contribution is -0.132. The first kappa shape index (κ1) is 12.9. The second-order valence-corrected chi connectivity index (χ2v) is 3.16. The number of rotatable bonds is 7. The molecule has 0 atom stereocenters. The van der Waals surface area contributed by atoms with E-state index in [1.54, 1.807) is 13.0 Å². The maximum Gasteiger partial charge on any atom is 0.335 e. The predicted molar refractivity (Wildman–Crippen MR) is 58.8 cm³/mol. The van der Waals surface area contributed by atoms with Gasteiger partial charge < -0.3 is 4.74 Å². The van der Waals surface area contributed by atoms with E-state index < -0.39 is 0 Å². The second kappa shape index (κ2) is 10.0. The number of hydrogen-bond donors (Lipinski definition) is 0. The molecule has 0 amide bonds. The molecular weight excluding hydrogens is 176 g/mol. The first-order valence-corrected chi connectivity index (χ1v) is 5.29. The van der Waals surface area contributed by atoms with Gasteiger partial charge in [-0.1, -0.05) is 32.3 Å². The van der Waals surface area contributed by atoms with Crippen LogP contribution >= 0.6 is 0 Å². The summed E-state index contributed by atoms with van der Waals surface area (Å²) in [5.74, 6) is -0.308. The summed E-state index contributed by atoms with van der Waals surface area (Å²) in [6.45, 7) is 3.98. The van der Waals surface area contributed by atoms with Gasteiger partial charge in [-0.15, -0.1) is 0 Å². The number of unbranched alkanes of at least 4 members (excludes halogenated alkanes) is 4. The van der Waals surface area contributed by atoms with Gasteiger partial charge in [0.15, 0.2) is 0 Å². The van der Waals surface area contributed by atoms with Crippen LogP contribution in [0.2, 0.25) is 0 Å². The number of carbonyl (C=O) groups is 1. The normalized spacial score (nSPS) is 11.3. The average molecular weight is 196 g/mol. The Morgan fingerprint density at radius 3 is 2.71 bits per heavy atom. The van der Waals surface area contributed by atoms with E-state index >= 15 is 0 Å². The van der Waals surface area contributed by atoms with Gasteiger partial charge in [-0.2, -0.15) is 0 Å². The Balaban J connectivity index is 3.31. The van der Waals surface area contributed by atoms with E-state index in [1.165, 1.54) is 38.0 Å². The minimum absolute atomic E-state index is 0.308. The molecule has 14 heavy (non-hydrogen) atoms. The summed E-state index contributed by atoms with van der Waals surface area (Å²) in [5, 5.41) is 0. The Bertz CT molecular complexity index is 192. The molecule has 0 radical (unpaired) electrons. The summed E-state index contributed by atoms with van der Waals surface area (Å²) in [5.41, 5.74) is 0. The molecule has 0 aliphatic heterocycles. The van der Waals surface area contributed by atoms with E-state index in [1.807, 2.05) is 6.08 Å². The molecule has 0 aromatic heterocycles. The van der Waals surface area contributed by atoms with Gasteiger partial charge in [0.25, 0.3) is 0 Å².